The van der Waals surface area contributed by atoms with Crippen molar-refractivity contribution in [2.24, 2.45) is 5.10 Å². The molecule has 8 nitrogen and oxygen atoms in total. The van der Waals surface area contributed by atoms with Crippen LogP contribution in [0.3, 0.4) is 0 Å². The molecule has 1 fully saturated rings. The SMILES string of the molecule is CCOc1ccc(/C=N\NC(=O)CN(C2CCCCC2)S(=O)(=O)c2ccc(F)cc2)cc1OC. The maximum absolute atomic E-state index is 13.3. The Bertz CT molecular complexity index is 1100. The van der Waals surface area contributed by atoms with Crippen molar-refractivity contribution >= 4 is 22.1 Å². The number of nitrogens with one attached hydrogen (secondary N) is 1. The molecule has 1 N–H and O–H groups in total. The highest BCUT2D eigenvalue weighted by molar-refractivity contribution is 7.89. The van der Waals surface area contributed by atoms with Crippen molar-refractivity contribution in [3.05, 3.63) is 53.8 Å². The zero-order valence-corrected chi connectivity index (χ0v) is 20.2. The largest absolute Gasteiger partial charge is 0.493 e. The quantitative estimate of drug-likeness (QED) is 0.404. The van der Waals surface area contributed by atoms with Gasteiger partial charge in [-0.2, -0.15) is 9.41 Å². The van der Waals surface area contributed by atoms with E-state index in [0.29, 0.717) is 36.5 Å². The highest BCUT2D eigenvalue weighted by Crippen LogP contribution is 2.28. The van der Waals surface area contributed by atoms with Gasteiger partial charge in [0, 0.05) is 6.04 Å². The number of hydrogen-bond donors (Lipinski definition) is 1. The van der Waals surface area contributed by atoms with Crippen LogP contribution in [-0.4, -0.2) is 51.1 Å². The third kappa shape index (κ3) is 6.54. The lowest BCUT2D eigenvalue weighted by atomic mass is 9.95. The lowest BCUT2D eigenvalue weighted by molar-refractivity contribution is -0.121. The van der Waals surface area contributed by atoms with Crippen molar-refractivity contribution in [2.75, 3.05) is 20.3 Å². The van der Waals surface area contributed by atoms with E-state index < -0.39 is 21.7 Å². The van der Waals surface area contributed by atoms with E-state index in [9.17, 15) is 17.6 Å². The Balaban J connectivity index is 1.72. The van der Waals surface area contributed by atoms with Crippen molar-refractivity contribution in [3.8, 4) is 11.5 Å². The number of hydrazone groups is 1. The number of ether oxygens (including phenoxy) is 2. The van der Waals surface area contributed by atoms with Gasteiger partial charge in [0.05, 0.1) is 31.4 Å². The van der Waals surface area contributed by atoms with Crippen LogP contribution in [0.1, 0.15) is 44.6 Å². The van der Waals surface area contributed by atoms with Gasteiger partial charge in [0.1, 0.15) is 5.82 Å². The lowest BCUT2D eigenvalue weighted by Gasteiger charge is -2.32. The molecule has 2 aromatic carbocycles. The number of sulfonamides is 1. The molecule has 10 heteroatoms. The molecule has 34 heavy (non-hydrogen) atoms. The second kappa shape index (κ2) is 11.9. The maximum Gasteiger partial charge on any atom is 0.255 e. The average molecular weight is 492 g/mol. The molecule has 0 unspecified atom stereocenters. The molecule has 1 amide bonds. The van der Waals surface area contributed by atoms with Crippen LogP contribution < -0.4 is 14.9 Å². The van der Waals surface area contributed by atoms with Crippen LogP contribution in [-0.2, 0) is 14.8 Å². The van der Waals surface area contributed by atoms with Crippen LogP contribution >= 0.6 is 0 Å². The van der Waals surface area contributed by atoms with E-state index in [1.165, 1.54) is 29.8 Å². The van der Waals surface area contributed by atoms with Gasteiger partial charge >= 0.3 is 0 Å². The first-order valence-corrected chi connectivity index (χ1v) is 12.7. The zero-order valence-electron chi connectivity index (χ0n) is 19.4. The summed E-state index contributed by atoms with van der Waals surface area (Å²) in [5, 5.41) is 3.97. The van der Waals surface area contributed by atoms with E-state index in [1.54, 1.807) is 18.2 Å². The van der Waals surface area contributed by atoms with Crippen molar-refractivity contribution in [1.29, 1.82) is 0 Å². The van der Waals surface area contributed by atoms with E-state index in [0.717, 1.165) is 31.4 Å². The number of amides is 1. The minimum Gasteiger partial charge on any atom is -0.493 e. The van der Waals surface area contributed by atoms with Crippen LogP contribution in [0, 0.1) is 5.82 Å². The third-order valence-electron chi connectivity index (χ3n) is 5.59. The lowest BCUT2D eigenvalue weighted by Crippen LogP contribution is -2.46. The Morgan fingerprint density at radius 1 is 1.15 bits per heavy atom. The number of carbonyl (C=O) groups is 1. The maximum atomic E-state index is 13.3. The van der Waals surface area contributed by atoms with Gasteiger partial charge in [-0.25, -0.2) is 18.2 Å². The summed E-state index contributed by atoms with van der Waals surface area (Å²) in [5.74, 6) is 0.0397. The van der Waals surface area contributed by atoms with E-state index in [1.807, 2.05) is 6.92 Å². The number of hydrogen-bond acceptors (Lipinski definition) is 6. The van der Waals surface area contributed by atoms with Crippen molar-refractivity contribution in [3.63, 3.8) is 0 Å². The Labute approximate surface area is 199 Å². The molecule has 0 heterocycles. The number of carbonyl (C=O) groups excluding carboxylic acids is 1. The summed E-state index contributed by atoms with van der Waals surface area (Å²) >= 11 is 0. The number of halogens is 1. The molecule has 0 aliphatic heterocycles. The Hall–Kier alpha value is -2.98. The summed E-state index contributed by atoms with van der Waals surface area (Å²) in [5.41, 5.74) is 3.07. The molecule has 0 bridgehead atoms. The Morgan fingerprint density at radius 3 is 2.50 bits per heavy atom. The van der Waals surface area contributed by atoms with Gasteiger partial charge in [0.25, 0.3) is 5.91 Å². The Morgan fingerprint density at radius 2 is 1.85 bits per heavy atom. The summed E-state index contributed by atoms with van der Waals surface area (Å²) in [6, 6.07) is 9.55. The van der Waals surface area contributed by atoms with Gasteiger partial charge < -0.3 is 9.47 Å². The highest BCUT2D eigenvalue weighted by Gasteiger charge is 2.34. The van der Waals surface area contributed by atoms with Gasteiger partial charge in [0.2, 0.25) is 10.0 Å². The molecule has 0 radical (unpaired) electrons. The van der Waals surface area contributed by atoms with Crippen LogP contribution in [0.5, 0.6) is 11.5 Å². The second-order valence-electron chi connectivity index (χ2n) is 7.93. The molecule has 1 aliphatic carbocycles. The highest BCUT2D eigenvalue weighted by atomic mass is 32.2. The molecule has 0 aromatic heterocycles. The van der Waals surface area contributed by atoms with Crippen molar-refractivity contribution < 1.29 is 27.1 Å². The van der Waals surface area contributed by atoms with Gasteiger partial charge in [-0.1, -0.05) is 19.3 Å². The summed E-state index contributed by atoms with van der Waals surface area (Å²) in [6.07, 6.45) is 5.59. The van der Waals surface area contributed by atoms with Crippen molar-refractivity contribution in [1.82, 2.24) is 9.73 Å². The number of rotatable bonds is 10. The summed E-state index contributed by atoms with van der Waals surface area (Å²) in [7, 11) is -2.46. The molecule has 3 rings (SSSR count). The topological polar surface area (TPSA) is 97.3 Å². The van der Waals surface area contributed by atoms with Crippen LogP contribution in [0.4, 0.5) is 4.39 Å². The van der Waals surface area contributed by atoms with E-state index in [4.69, 9.17) is 9.47 Å². The normalized spacial score (nSPS) is 14.9. The van der Waals surface area contributed by atoms with Gasteiger partial charge in [-0.15, -0.1) is 0 Å². The van der Waals surface area contributed by atoms with Gasteiger partial charge in [-0.05, 0) is 67.8 Å². The number of nitrogens with zero attached hydrogens (tertiary/aromatic N) is 2. The minimum atomic E-state index is -3.99. The molecule has 1 saturated carbocycles. The van der Waals surface area contributed by atoms with E-state index in [2.05, 4.69) is 10.5 Å². The average Bonchev–Trinajstić information content (AvgIpc) is 2.84. The number of methoxy groups -OCH3 is 1. The van der Waals surface area contributed by atoms with Crippen LogP contribution in [0.25, 0.3) is 0 Å². The van der Waals surface area contributed by atoms with Gasteiger partial charge in [0.15, 0.2) is 11.5 Å². The predicted molar refractivity (Wildman–Crippen MR) is 127 cm³/mol. The van der Waals surface area contributed by atoms with Crippen LogP contribution in [0.15, 0.2) is 52.5 Å². The standard InChI is InChI=1S/C24H30FN3O5S/c1-3-33-22-14-9-18(15-23(22)32-2)16-26-27-24(29)17-28(20-7-5-4-6-8-20)34(30,31)21-12-10-19(25)11-13-21/h9-16,20H,3-8,17H2,1-2H3,(H,27,29)/b26-16-. The molecule has 0 atom stereocenters. The number of benzene rings is 2. The fourth-order valence-electron chi connectivity index (χ4n) is 3.92. The summed E-state index contributed by atoms with van der Waals surface area (Å²) in [6.45, 7) is 1.99. The molecule has 1 aliphatic rings. The Kier molecular flexibility index (Phi) is 9.00. The molecule has 184 valence electrons. The predicted octanol–water partition coefficient (Wildman–Crippen LogP) is 3.71. The molecular formula is C24H30FN3O5S. The first-order valence-electron chi connectivity index (χ1n) is 11.2. The first kappa shape index (κ1) is 25.6. The van der Waals surface area contributed by atoms with E-state index in [-0.39, 0.29) is 17.5 Å². The zero-order chi connectivity index (χ0) is 24.6. The fourth-order valence-corrected chi connectivity index (χ4v) is 5.56. The summed E-state index contributed by atoms with van der Waals surface area (Å²) in [4.78, 5) is 12.6. The van der Waals surface area contributed by atoms with Gasteiger partial charge in [-0.3, -0.25) is 4.79 Å². The summed E-state index contributed by atoms with van der Waals surface area (Å²) < 4.78 is 51.9. The van der Waals surface area contributed by atoms with E-state index >= 15 is 0 Å². The molecule has 0 spiro atoms. The second-order valence-corrected chi connectivity index (χ2v) is 9.82. The fraction of sp³-hybridized carbons (Fsp3) is 0.417. The first-order chi connectivity index (χ1) is 16.3. The minimum absolute atomic E-state index is 0.0442. The monoisotopic (exact) mass is 491 g/mol. The van der Waals surface area contributed by atoms with Crippen molar-refractivity contribution in [2.45, 2.75) is 50.0 Å². The van der Waals surface area contributed by atoms with Crippen LogP contribution in [0.2, 0.25) is 0 Å². The smallest absolute Gasteiger partial charge is 0.255 e. The molecule has 0 saturated heterocycles. The molecule has 2 aromatic rings. The third-order valence-corrected chi connectivity index (χ3v) is 7.50. The molecular weight excluding hydrogens is 461 g/mol.